The number of rotatable bonds is 7. The van der Waals surface area contributed by atoms with Crippen molar-refractivity contribution < 1.29 is 0 Å². The van der Waals surface area contributed by atoms with E-state index in [2.05, 4.69) is 41.5 Å². The Labute approximate surface area is 110 Å². The lowest BCUT2D eigenvalue weighted by atomic mass is 10.1. The molecule has 2 heteroatoms. The second-order valence-electron chi connectivity index (χ2n) is 6.11. The van der Waals surface area contributed by atoms with E-state index in [0.29, 0.717) is 0 Å². The SMILES string of the molecule is CN(Cc1ccc(CNC2CC2)cc1)CC1CC1. The van der Waals surface area contributed by atoms with Crippen molar-refractivity contribution in [1.29, 1.82) is 0 Å². The summed E-state index contributed by atoms with van der Waals surface area (Å²) in [6.45, 7) is 3.39. The Hall–Kier alpha value is -0.860. The largest absolute Gasteiger partial charge is 0.310 e. The molecule has 0 atom stereocenters. The van der Waals surface area contributed by atoms with E-state index in [1.54, 1.807) is 0 Å². The summed E-state index contributed by atoms with van der Waals surface area (Å²) < 4.78 is 0. The lowest BCUT2D eigenvalue weighted by molar-refractivity contribution is 0.313. The number of benzene rings is 1. The minimum atomic E-state index is 0.800. The standard InChI is InChI=1S/C16H24N2/c1-18(12-15-6-7-15)11-14-4-2-13(3-5-14)10-17-16-8-9-16/h2-5,15-17H,6-12H2,1H3. The number of hydrogen-bond acceptors (Lipinski definition) is 2. The van der Waals surface area contributed by atoms with Gasteiger partial charge in [-0.1, -0.05) is 24.3 Å². The maximum Gasteiger partial charge on any atom is 0.0230 e. The lowest BCUT2D eigenvalue weighted by Crippen LogP contribution is -2.20. The van der Waals surface area contributed by atoms with Gasteiger partial charge in [0.1, 0.15) is 0 Å². The van der Waals surface area contributed by atoms with Crippen LogP contribution in [0.25, 0.3) is 0 Å². The van der Waals surface area contributed by atoms with E-state index < -0.39 is 0 Å². The summed E-state index contributed by atoms with van der Waals surface area (Å²) >= 11 is 0. The lowest BCUT2D eigenvalue weighted by Gasteiger charge is -2.16. The van der Waals surface area contributed by atoms with Gasteiger partial charge in [-0.05, 0) is 49.8 Å². The van der Waals surface area contributed by atoms with Crippen LogP contribution in [0.1, 0.15) is 36.8 Å². The van der Waals surface area contributed by atoms with Gasteiger partial charge in [0.05, 0.1) is 0 Å². The highest BCUT2D eigenvalue weighted by Gasteiger charge is 2.22. The van der Waals surface area contributed by atoms with Crippen LogP contribution in [0.2, 0.25) is 0 Å². The summed E-state index contributed by atoms with van der Waals surface area (Å²) in [5, 5.41) is 3.56. The van der Waals surface area contributed by atoms with Crippen LogP contribution in [0.5, 0.6) is 0 Å². The van der Waals surface area contributed by atoms with Gasteiger partial charge in [-0.25, -0.2) is 0 Å². The molecule has 0 saturated heterocycles. The fraction of sp³-hybridized carbons (Fsp3) is 0.625. The minimum absolute atomic E-state index is 0.800. The minimum Gasteiger partial charge on any atom is -0.310 e. The van der Waals surface area contributed by atoms with E-state index in [0.717, 1.165) is 25.0 Å². The van der Waals surface area contributed by atoms with Gasteiger partial charge in [0, 0.05) is 25.7 Å². The summed E-state index contributed by atoms with van der Waals surface area (Å²) in [6.07, 6.45) is 5.61. The van der Waals surface area contributed by atoms with E-state index >= 15 is 0 Å². The van der Waals surface area contributed by atoms with Crippen molar-refractivity contribution in [3.63, 3.8) is 0 Å². The van der Waals surface area contributed by atoms with Crippen molar-refractivity contribution in [2.24, 2.45) is 5.92 Å². The highest BCUT2D eigenvalue weighted by atomic mass is 15.1. The number of nitrogens with zero attached hydrogens (tertiary/aromatic N) is 1. The Morgan fingerprint density at radius 1 is 1.06 bits per heavy atom. The Morgan fingerprint density at radius 3 is 2.33 bits per heavy atom. The van der Waals surface area contributed by atoms with Crippen LogP contribution < -0.4 is 5.32 Å². The van der Waals surface area contributed by atoms with Crippen molar-refractivity contribution in [2.45, 2.75) is 44.8 Å². The van der Waals surface area contributed by atoms with Crippen LogP contribution in [0.3, 0.4) is 0 Å². The fourth-order valence-electron chi connectivity index (χ4n) is 2.43. The zero-order chi connectivity index (χ0) is 12.4. The van der Waals surface area contributed by atoms with E-state index in [1.807, 2.05) is 0 Å². The smallest absolute Gasteiger partial charge is 0.0230 e. The van der Waals surface area contributed by atoms with Crippen LogP contribution in [0, 0.1) is 5.92 Å². The van der Waals surface area contributed by atoms with E-state index in [1.165, 1.54) is 43.4 Å². The summed E-state index contributed by atoms with van der Waals surface area (Å²) in [5.41, 5.74) is 2.85. The molecule has 3 rings (SSSR count). The first-order chi connectivity index (χ1) is 8.79. The van der Waals surface area contributed by atoms with Crippen LogP contribution in [0.4, 0.5) is 0 Å². The zero-order valence-corrected chi connectivity index (χ0v) is 11.4. The molecule has 2 aliphatic rings. The van der Waals surface area contributed by atoms with Gasteiger partial charge in [0.25, 0.3) is 0 Å². The summed E-state index contributed by atoms with van der Waals surface area (Å²) in [6, 6.07) is 9.92. The average Bonchev–Trinajstić information content (AvgIpc) is 3.23. The first kappa shape index (κ1) is 12.2. The molecule has 1 aromatic carbocycles. The second kappa shape index (κ2) is 5.41. The van der Waals surface area contributed by atoms with Crippen molar-refractivity contribution in [3.05, 3.63) is 35.4 Å². The quantitative estimate of drug-likeness (QED) is 0.793. The summed E-state index contributed by atoms with van der Waals surface area (Å²) in [5.74, 6) is 0.983. The first-order valence-corrected chi connectivity index (χ1v) is 7.29. The third-order valence-corrected chi connectivity index (χ3v) is 3.91. The van der Waals surface area contributed by atoms with E-state index in [4.69, 9.17) is 0 Å². The molecule has 1 N–H and O–H groups in total. The Morgan fingerprint density at radius 2 is 1.72 bits per heavy atom. The van der Waals surface area contributed by atoms with E-state index in [9.17, 15) is 0 Å². The molecule has 2 saturated carbocycles. The predicted molar refractivity (Wildman–Crippen MR) is 75.4 cm³/mol. The molecular formula is C16H24N2. The van der Waals surface area contributed by atoms with Crippen molar-refractivity contribution in [1.82, 2.24) is 10.2 Å². The predicted octanol–water partition coefficient (Wildman–Crippen LogP) is 2.78. The molecule has 0 amide bonds. The monoisotopic (exact) mass is 244 g/mol. The molecule has 1 aromatic rings. The van der Waals surface area contributed by atoms with Crippen LogP contribution in [0.15, 0.2) is 24.3 Å². The Balaban J connectivity index is 1.46. The normalized spacial score (nSPS) is 19.4. The van der Waals surface area contributed by atoms with Crippen LogP contribution in [-0.4, -0.2) is 24.5 Å². The van der Waals surface area contributed by atoms with Crippen LogP contribution >= 0.6 is 0 Å². The van der Waals surface area contributed by atoms with Gasteiger partial charge in [0.2, 0.25) is 0 Å². The van der Waals surface area contributed by atoms with Gasteiger partial charge >= 0.3 is 0 Å². The van der Waals surface area contributed by atoms with Crippen molar-refractivity contribution in [2.75, 3.05) is 13.6 Å². The molecule has 0 spiro atoms. The van der Waals surface area contributed by atoms with Gasteiger partial charge in [-0.15, -0.1) is 0 Å². The molecule has 98 valence electrons. The van der Waals surface area contributed by atoms with Gasteiger partial charge in [-0.3, -0.25) is 0 Å². The Kier molecular flexibility index (Phi) is 3.67. The third-order valence-electron chi connectivity index (χ3n) is 3.91. The van der Waals surface area contributed by atoms with Crippen LogP contribution in [-0.2, 0) is 13.1 Å². The summed E-state index contributed by atoms with van der Waals surface area (Å²) in [7, 11) is 2.24. The molecule has 0 heterocycles. The van der Waals surface area contributed by atoms with Crippen molar-refractivity contribution >= 4 is 0 Å². The molecule has 2 aliphatic carbocycles. The van der Waals surface area contributed by atoms with Gasteiger partial charge in [-0.2, -0.15) is 0 Å². The highest BCUT2D eigenvalue weighted by Crippen LogP contribution is 2.29. The van der Waals surface area contributed by atoms with Gasteiger partial charge < -0.3 is 10.2 Å². The van der Waals surface area contributed by atoms with E-state index in [-0.39, 0.29) is 0 Å². The number of hydrogen-bond donors (Lipinski definition) is 1. The first-order valence-electron chi connectivity index (χ1n) is 7.29. The molecular weight excluding hydrogens is 220 g/mol. The molecule has 18 heavy (non-hydrogen) atoms. The molecule has 0 aliphatic heterocycles. The third kappa shape index (κ3) is 3.82. The zero-order valence-electron chi connectivity index (χ0n) is 11.4. The molecule has 2 nitrogen and oxygen atoms in total. The van der Waals surface area contributed by atoms with Crippen molar-refractivity contribution in [3.8, 4) is 0 Å². The Bertz CT molecular complexity index is 377. The topological polar surface area (TPSA) is 15.3 Å². The molecule has 0 bridgehead atoms. The average molecular weight is 244 g/mol. The summed E-state index contributed by atoms with van der Waals surface area (Å²) in [4.78, 5) is 2.45. The second-order valence-corrected chi connectivity index (χ2v) is 6.11. The maximum absolute atomic E-state index is 3.56. The fourth-order valence-corrected chi connectivity index (χ4v) is 2.43. The maximum atomic E-state index is 3.56. The molecule has 0 aromatic heterocycles. The van der Waals surface area contributed by atoms with Gasteiger partial charge in [0.15, 0.2) is 0 Å². The molecule has 2 fully saturated rings. The highest BCUT2D eigenvalue weighted by molar-refractivity contribution is 5.22. The number of nitrogens with one attached hydrogen (secondary N) is 1. The molecule has 0 radical (unpaired) electrons. The molecule has 0 unspecified atom stereocenters.